The van der Waals surface area contributed by atoms with Gasteiger partial charge in [-0.25, -0.2) is 9.78 Å². The van der Waals surface area contributed by atoms with Gasteiger partial charge in [-0.2, -0.15) is 12.6 Å². The number of aromatic hydroxyl groups is 1. The zero-order valence-corrected chi connectivity index (χ0v) is 43.4. The third kappa shape index (κ3) is 19.1. The number of nitrogens with zero attached hydrogens (tertiary/aromatic N) is 3. The van der Waals surface area contributed by atoms with Gasteiger partial charge in [-0.15, -0.1) is 0 Å². The van der Waals surface area contributed by atoms with Crippen molar-refractivity contribution < 1.29 is 58.5 Å². The van der Waals surface area contributed by atoms with Crippen molar-refractivity contribution in [1.82, 2.24) is 57.4 Å². The summed E-state index contributed by atoms with van der Waals surface area (Å²) in [6.07, 6.45) is 2.36. The van der Waals surface area contributed by atoms with Crippen molar-refractivity contribution in [3.05, 3.63) is 48.0 Å². The summed E-state index contributed by atoms with van der Waals surface area (Å²) >= 11 is 4.27. The molecule has 0 saturated carbocycles. The number of aliphatic hydroxyl groups excluding tert-OH is 1. The number of likely N-dealkylation sites (N-methyl/N-ethyl adjacent to an activating group) is 1. The molecule has 2 aromatic rings. The number of nitrogens with two attached hydrogens (primary N) is 2. The fraction of sp³-hybridized carbons (Fsp3) is 0.596. The van der Waals surface area contributed by atoms with E-state index in [1.807, 2.05) is 0 Å². The maximum atomic E-state index is 14.5. The minimum absolute atomic E-state index is 0.0670. The summed E-state index contributed by atoms with van der Waals surface area (Å²) in [6.45, 7) is 8.10. The molecule has 2 heterocycles. The number of rotatable bonds is 30. The van der Waals surface area contributed by atoms with E-state index in [0.717, 1.165) is 0 Å². The number of H-pyrrole nitrogens is 1. The van der Waals surface area contributed by atoms with Crippen LogP contribution in [0.15, 0.2) is 41.8 Å². The van der Waals surface area contributed by atoms with Gasteiger partial charge in [-0.3, -0.25) is 43.3 Å². The van der Waals surface area contributed by atoms with E-state index in [1.165, 1.54) is 48.6 Å². The number of carboxylic acids is 1. The van der Waals surface area contributed by atoms with Gasteiger partial charge in [0.25, 0.3) is 0 Å². The van der Waals surface area contributed by atoms with Crippen LogP contribution < -0.4 is 54.0 Å². The van der Waals surface area contributed by atoms with Gasteiger partial charge in [-0.05, 0) is 69.2 Å². The van der Waals surface area contributed by atoms with E-state index in [9.17, 15) is 58.5 Å². The number of carbonyl (C=O) groups excluding carboxylic acids is 8. The van der Waals surface area contributed by atoms with Crippen molar-refractivity contribution in [3.63, 3.8) is 0 Å². The van der Waals surface area contributed by atoms with Crippen molar-refractivity contribution in [2.75, 3.05) is 32.4 Å². The number of thiol groups is 1. The second-order valence-corrected chi connectivity index (χ2v) is 18.8. The molecule has 16 N–H and O–H groups in total. The van der Waals surface area contributed by atoms with Crippen LogP contribution in [-0.4, -0.2) is 176 Å². The molecule has 10 atom stereocenters. The zero-order chi connectivity index (χ0) is 55.2. The molecule has 27 heteroatoms. The van der Waals surface area contributed by atoms with Crippen molar-refractivity contribution in [1.29, 1.82) is 0 Å². The van der Waals surface area contributed by atoms with Gasteiger partial charge in [0.15, 0.2) is 12.0 Å². The van der Waals surface area contributed by atoms with Gasteiger partial charge >= 0.3 is 5.97 Å². The number of guanidine groups is 1. The molecule has 1 unspecified atom stereocenters. The number of hydrogen-bond donors (Lipinski definition) is 15. The van der Waals surface area contributed by atoms with Crippen LogP contribution in [0.25, 0.3) is 0 Å². The molecule has 1 fully saturated rings. The lowest BCUT2D eigenvalue weighted by atomic mass is 9.96. The molecule has 0 aliphatic carbocycles. The number of imidazole rings is 1. The molecule has 0 bridgehead atoms. The van der Waals surface area contributed by atoms with Crippen molar-refractivity contribution in [2.24, 2.45) is 28.3 Å². The van der Waals surface area contributed by atoms with E-state index in [-0.39, 0.29) is 62.8 Å². The predicted octanol–water partition coefficient (Wildman–Crippen LogP) is -3.34. The number of amides is 8. The Labute approximate surface area is 435 Å². The third-order valence-corrected chi connectivity index (χ3v) is 12.6. The lowest BCUT2D eigenvalue weighted by Gasteiger charge is -2.32. The van der Waals surface area contributed by atoms with Gasteiger partial charge in [0.1, 0.15) is 48.0 Å². The topological polar surface area (TPSA) is 407 Å². The summed E-state index contributed by atoms with van der Waals surface area (Å²) in [4.78, 5) is 135. The van der Waals surface area contributed by atoms with Gasteiger partial charge in [0.05, 0.1) is 19.0 Å². The van der Waals surface area contributed by atoms with E-state index >= 15 is 0 Å². The Bertz CT molecular complexity index is 2250. The van der Waals surface area contributed by atoms with Gasteiger partial charge in [0.2, 0.25) is 47.3 Å². The molecular weight excluding hydrogens is 985 g/mol. The van der Waals surface area contributed by atoms with Crippen LogP contribution in [0.1, 0.15) is 78.0 Å². The first-order chi connectivity index (χ1) is 35.0. The lowest BCUT2D eigenvalue weighted by molar-refractivity contribution is -0.147. The minimum Gasteiger partial charge on any atom is -0.508 e. The number of benzene rings is 1. The largest absolute Gasteiger partial charge is 0.508 e. The molecule has 1 aliphatic heterocycles. The highest BCUT2D eigenvalue weighted by atomic mass is 32.1. The molecular formula is C47H74N14O12S. The number of hydrogen-bond acceptors (Lipinski definition) is 15. The first-order valence-electron chi connectivity index (χ1n) is 24.4. The molecule has 1 aromatic heterocycles. The normalized spacial score (nSPS) is 16.9. The SMILES string of the molecule is CCC(C)[C@H](NC(=O)[C@H](Cc1ccc(O)cc1)NC(=O)[C@@H](NC(=O)[C@H](CS)NC(=O)[C@H](CCCN=C(N)N)NC(=O)CNC)C(C)C)C(=O)N[C@@H](Cc1cnc[nH]1)C(=O)N1CCC[C@H]1C(=O)N[C@H](C(=O)O)[C@@H](C)O. The number of aliphatic imine (C=N–C) groups is 1. The molecule has 3 rings (SSSR count). The Morgan fingerprint density at radius 1 is 0.811 bits per heavy atom. The van der Waals surface area contributed by atoms with E-state index in [2.05, 4.69) is 70.1 Å². The van der Waals surface area contributed by atoms with Gasteiger partial charge < -0.3 is 79.2 Å². The molecule has 1 saturated heterocycles. The van der Waals surface area contributed by atoms with Crippen LogP contribution in [0.5, 0.6) is 5.75 Å². The summed E-state index contributed by atoms with van der Waals surface area (Å²) in [5.41, 5.74) is 11.7. The first kappa shape index (κ1) is 61.3. The van der Waals surface area contributed by atoms with E-state index in [1.54, 1.807) is 34.7 Å². The molecule has 26 nitrogen and oxygen atoms in total. The van der Waals surface area contributed by atoms with E-state index in [4.69, 9.17) is 11.5 Å². The molecule has 0 radical (unpaired) electrons. The molecule has 74 heavy (non-hydrogen) atoms. The summed E-state index contributed by atoms with van der Waals surface area (Å²) in [5, 5.41) is 50.6. The number of phenolic OH excluding ortho intramolecular Hbond substituents is 1. The standard InChI is InChI=1S/C47H74N14O12S/c1-7-25(4)37(44(70)56-32(19-28-20-51-23-53-28)45(71)61-17-9-11-34(61)42(68)60-38(26(5)62)46(72)73)59-40(66)31(18-27-12-14-29(63)15-13-27)55-43(69)36(24(2)3)58-41(67)33(22-74)57-39(65)30(54-35(64)21-50-6)10-8-16-52-47(48)49/h12-15,20,23-26,30-34,36-38,50,62-63,74H,7-11,16-19,21-22H2,1-6H3,(H,51,53)(H,54,64)(H,55,69)(H,56,70)(H,57,65)(H,58,67)(H,59,66)(H,60,68)(H,72,73)(H4,48,49,52)/t25?,26-,30+,31+,32+,33+,34+,36+,37+,38+/m1/s1. The van der Waals surface area contributed by atoms with Crippen LogP contribution in [-0.2, 0) is 56.0 Å². The quantitative estimate of drug-likeness (QED) is 0.0157. The zero-order valence-electron chi connectivity index (χ0n) is 42.6. The molecule has 8 amide bonds. The minimum atomic E-state index is -1.65. The molecule has 1 aromatic carbocycles. The fourth-order valence-corrected chi connectivity index (χ4v) is 8.20. The summed E-state index contributed by atoms with van der Waals surface area (Å²) < 4.78 is 0. The molecule has 410 valence electrons. The maximum absolute atomic E-state index is 14.5. The van der Waals surface area contributed by atoms with Gasteiger partial charge in [0, 0.05) is 43.6 Å². The van der Waals surface area contributed by atoms with E-state index < -0.39 is 120 Å². The molecule has 1 aliphatic rings. The lowest BCUT2D eigenvalue weighted by Crippen LogP contribution is -2.62. The van der Waals surface area contributed by atoms with Crippen molar-refractivity contribution in [3.8, 4) is 5.75 Å². The average Bonchev–Trinajstić information content (AvgIpc) is 4.07. The summed E-state index contributed by atoms with van der Waals surface area (Å²) in [6, 6.07) is -4.71. The number of aromatic amines is 1. The number of carbonyl (C=O) groups is 9. The number of carboxylic acid groups (broad SMARTS) is 1. The van der Waals surface area contributed by atoms with Crippen molar-refractivity contribution in [2.45, 2.75) is 134 Å². The monoisotopic (exact) mass is 1060 g/mol. The maximum Gasteiger partial charge on any atom is 0.328 e. The Morgan fingerprint density at radius 3 is 1.99 bits per heavy atom. The highest BCUT2D eigenvalue weighted by molar-refractivity contribution is 7.80. The Balaban J connectivity index is 1.90. The highest BCUT2D eigenvalue weighted by Gasteiger charge is 2.41. The van der Waals surface area contributed by atoms with Crippen LogP contribution in [0.4, 0.5) is 0 Å². The average molecular weight is 1060 g/mol. The van der Waals surface area contributed by atoms with E-state index in [0.29, 0.717) is 30.5 Å². The fourth-order valence-electron chi connectivity index (χ4n) is 7.95. The number of aliphatic carboxylic acids is 1. The number of phenols is 1. The second kappa shape index (κ2) is 30.3. The molecule has 0 spiro atoms. The van der Waals surface area contributed by atoms with Crippen molar-refractivity contribution >= 4 is 71.8 Å². The first-order valence-corrected chi connectivity index (χ1v) is 25.0. The summed E-state index contributed by atoms with van der Waals surface area (Å²) in [7, 11) is 1.55. The Morgan fingerprint density at radius 2 is 1.42 bits per heavy atom. The Kier molecular flexibility index (Phi) is 25.1. The number of likely N-dealkylation sites (tertiary alicyclic amines) is 1. The third-order valence-electron chi connectivity index (χ3n) is 12.3. The van der Waals surface area contributed by atoms with Crippen LogP contribution in [0.2, 0.25) is 0 Å². The van der Waals surface area contributed by atoms with Crippen LogP contribution in [0.3, 0.4) is 0 Å². The second-order valence-electron chi connectivity index (χ2n) is 18.5. The van der Waals surface area contributed by atoms with Gasteiger partial charge in [-0.1, -0.05) is 46.2 Å². The number of nitrogens with one attached hydrogen (secondary N) is 9. The van der Waals surface area contributed by atoms with Crippen LogP contribution in [0, 0.1) is 11.8 Å². The highest BCUT2D eigenvalue weighted by Crippen LogP contribution is 2.21. The summed E-state index contributed by atoms with van der Waals surface area (Å²) in [5.74, 6) is -9.01. The number of aliphatic hydroxyl groups is 1. The predicted molar refractivity (Wildman–Crippen MR) is 274 cm³/mol. The Hall–Kier alpha value is -7.00. The van der Waals surface area contributed by atoms with Crippen LogP contribution >= 0.6 is 12.6 Å². The smallest absolute Gasteiger partial charge is 0.328 e. The number of aromatic nitrogens is 2.